The molecule has 0 bridgehead atoms. The highest BCUT2D eigenvalue weighted by atomic mass is 19.4. The number of halogens is 3. The van der Waals surface area contributed by atoms with E-state index < -0.39 is 22.4 Å². The zero-order chi connectivity index (χ0) is 26.6. The molecule has 2 aliphatic heterocycles. The van der Waals surface area contributed by atoms with Gasteiger partial charge in [0, 0.05) is 56.1 Å². The molecule has 2 fully saturated rings. The Labute approximate surface area is 222 Å². The number of benzene rings is 2. The fraction of sp³-hybridized carbons (Fsp3) is 0.536. The van der Waals surface area contributed by atoms with Gasteiger partial charge in [0.05, 0.1) is 4.92 Å². The number of likely N-dealkylation sites (tertiary alicyclic amines) is 1. The van der Waals surface area contributed by atoms with Crippen LogP contribution in [0, 0.1) is 23.0 Å². The number of carbonyl (C=O) groups excluding carboxylic acids is 1. The van der Waals surface area contributed by atoms with Gasteiger partial charge in [0.2, 0.25) is 5.91 Å². The third kappa shape index (κ3) is 7.39. The highest BCUT2D eigenvalue weighted by molar-refractivity contribution is 5.76. The van der Waals surface area contributed by atoms with Crippen LogP contribution in [0.5, 0.6) is 0 Å². The average molecular weight is 535 g/mol. The Morgan fingerprint density at radius 1 is 1.08 bits per heavy atom. The van der Waals surface area contributed by atoms with Crippen LogP contribution in [0.25, 0.3) is 0 Å². The lowest BCUT2D eigenvalue weighted by Crippen LogP contribution is -2.34. The maximum atomic E-state index is 13.2. The SMILES string of the molecule is C.Cc1ccc(N2CCC(CCCC(=O)N3CC[C@H](Nc4ccc([N+](=O)[O-])c(C(F)(F)F)c4)C3)CC2)cc1. The van der Waals surface area contributed by atoms with Crippen molar-refractivity contribution in [3.63, 3.8) is 0 Å². The molecule has 38 heavy (non-hydrogen) atoms. The monoisotopic (exact) mass is 534 g/mol. The number of nitro groups is 1. The van der Waals surface area contributed by atoms with Gasteiger partial charge >= 0.3 is 6.18 Å². The van der Waals surface area contributed by atoms with Gasteiger partial charge in [-0.1, -0.05) is 25.1 Å². The van der Waals surface area contributed by atoms with Crippen LogP contribution < -0.4 is 10.2 Å². The van der Waals surface area contributed by atoms with Crippen molar-refractivity contribution in [2.45, 2.75) is 65.1 Å². The lowest BCUT2D eigenvalue weighted by Gasteiger charge is -2.33. The Hall–Kier alpha value is -3.30. The second-order valence-electron chi connectivity index (χ2n) is 10.1. The number of amides is 1. The summed E-state index contributed by atoms with van der Waals surface area (Å²) in [5.41, 5.74) is 0.430. The Balaban J connectivity index is 0.00000400. The smallest absolute Gasteiger partial charge is 0.380 e. The largest absolute Gasteiger partial charge is 0.423 e. The van der Waals surface area contributed by atoms with Crippen LogP contribution >= 0.6 is 0 Å². The molecule has 0 unspecified atom stereocenters. The molecule has 0 aromatic heterocycles. The van der Waals surface area contributed by atoms with Gasteiger partial charge in [-0.2, -0.15) is 13.2 Å². The van der Waals surface area contributed by atoms with Gasteiger partial charge in [0.15, 0.2) is 0 Å². The van der Waals surface area contributed by atoms with Crippen molar-refractivity contribution in [1.29, 1.82) is 0 Å². The van der Waals surface area contributed by atoms with Crippen LogP contribution in [0.2, 0.25) is 0 Å². The predicted octanol–water partition coefficient (Wildman–Crippen LogP) is 6.66. The predicted molar refractivity (Wildman–Crippen MR) is 143 cm³/mol. The van der Waals surface area contributed by atoms with Crippen molar-refractivity contribution < 1.29 is 22.9 Å². The summed E-state index contributed by atoms with van der Waals surface area (Å²) >= 11 is 0. The summed E-state index contributed by atoms with van der Waals surface area (Å²) in [5.74, 6) is 0.688. The molecule has 2 saturated heterocycles. The zero-order valence-corrected chi connectivity index (χ0v) is 21.0. The molecule has 2 heterocycles. The van der Waals surface area contributed by atoms with Crippen LogP contribution in [-0.2, 0) is 11.0 Å². The number of rotatable bonds is 8. The number of alkyl halides is 3. The number of nitro benzene ring substituents is 1. The number of nitrogens with one attached hydrogen (secondary N) is 1. The first-order valence-corrected chi connectivity index (χ1v) is 12.8. The van der Waals surface area contributed by atoms with Crippen LogP contribution in [0.3, 0.4) is 0 Å². The van der Waals surface area contributed by atoms with E-state index in [4.69, 9.17) is 0 Å². The van der Waals surface area contributed by atoms with E-state index >= 15 is 0 Å². The van der Waals surface area contributed by atoms with Gasteiger partial charge in [0.25, 0.3) is 5.69 Å². The van der Waals surface area contributed by atoms with E-state index in [1.807, 2.05) is 0 Å². The molecule has 0 radical (unpaired) electrons. The van der Waals surface area contributed by atoms with Crippen molar-refractivity contribution in [3.05, 3.63) is 63.7 Å². The molecule has 0 aliphatic carbocycles. The molecule has 1 N–H and O–H groups in total. The minimum Gasteiger partial charge on any atom is -0.380 e. The Morgan fingerprint density at radius 3 is 2.39 bits per heavy atom. The standard InChI is InChI=1S/C27H33F3N4O3.CH4/c1-19-5-8-23(9-6-19)32-14-11-20(12-15-32)3-2-4-26(35)33-16-13-22(18-33)31-21-7-10-25(34(36)37)24(17-21)27(28,29)30;/h5-10,17,20,22,31H,2-4,11-16,18H2,1H3;1H4/t22-;/m0./s1. The van der Waals surface area contributed by atoms with E-state index in [2.05, 4.69) is 41.4 Å². The summed E-state index contributed by atoms with van der Waals surface area (Å²) in [7, 11) is 0. The molecule has 0 saturated carbocycles. The number of hydrogen-bond acceptors (Lipinski definition) is 5. The molecular formula is C28H37F3N4O3. The molecule has 2 aromatic carbocycles. The van der Waals surface area contributed by atoms with E-state index in [0.717, 1.165) is 50.9 Å². The summed E-state index contributed by atoms with van der Waals surface area (Å²) in [6, 6.07) is 11.3. The number of nitrogens with zero attached hydrogens (tertiary/aromatic N) is 3. The Morgan fingerprint density at radius 2 is 1.76 bits per heavy atom. The van der Waals surface area contributed by atoms with E-state index in [0.29, 0.717) is 31.8 Å². The minimum absolute atomic E-state index is 0. The van der Waals surface area contributed by atoms with Crippen molar-refractivity contribution in [2.24, 2.45) is 5.92 Å². The van der Waals surface area contributed by atoms with E-state index in [1.165, 1.54) is 17.3 Å². The first kappa shape index (κ1) is 29.3. The molecule has 2 aliphatic rings. The second-order valence-corrected chi connectivity index (χ2v) is 10.1. The van der Waals surface area contributed by atoms with Crippen molar-refractivity contribution in [3.8, 4) is 0 Å². The molecular weight excluding hydrogens is 497 g/mol. The normalized spacial score (nSPS) is 18.3. The van der Waals surface area contributed by atoms with Gasteiger partial charge in [0.1, 0.15) is 5.56 Å². The highest BCUT2D eigenvalue weighted by Gasteiger charge is 2.38. The molecule has 0 spiro atoms. The number of aryl methyl sites for hydroxylation is 1. The highest BCUT2D eigenvalue weighted by Crippen LogP contribution is 2.38. The quantitative estimate of drug-likeness (QED) is 0.303. The third-order valence-corrected chi connectivity index (χ3v) is 7.43. The molecule has 2 aromatic rings. The lowest BCUT2D eigenvalue weighted by atomic mass is 9.91. The van der Waals surface area contributed by atoms with Gasteiger partial charge in [-0.05, 0) is 69.2 Å². The van der Waals surface area contributed by atoms with E-state index in [9.17, 15) is 28.1 Å². The molecule has 1 amide bonds. The first-order chi connectivity index (χ1) is 17.6. The van der Waals surface area contributed by atoms with Crippen LogP contribution in [0.4, 0.5) is 30.2 Å². The molecule has 4 rings (SSSR count). The van der Waals surface area contributed by atoms with Crippen LogP contribution in [0.1, 0.15) is 57.1 Å². The molecule has 7 nitrogen and oxygen atoms in total. The summed E-state index contributed by atoms with van der Waals surface area (Å²) in [4.78, 5) is 26.8. The summed E-state index contributed by atoms with van der Waals surface area (Å²) in [6.07, 6.45) is 0.350. The zero-order valence-electron chi connectivity index (χ0n) is 21.0. The fourth-order valence-corrected chi connectivity index (χ4v) is 5.29. The van der Waals surface area contributed by atoms with E-state index in [-0.39, 0.29) is 25.1 Å². The Bertz CT molecular complexity index is 1100. The molecule has 208 valence electrons. The topological polar surface area (TPSA) is 78.7 Å². The maximum absolute atomic E-state index is 13.2. The van der Waals surface area contributed by atoms with Crippen molar-refractivity contribution >= 4 is 23.0 Å². The maximum Gasteiger partial charge on any atom is 0.423 e. The molecule has 10 heteroatoms. The van der Waals surface area contributed by atoms with Crippen molar-refractivity contribution in [1.82, 2.24) is 4.90 Å². The summed E-state index contributed by atoms with van der Waals surface area (Å²) in [6.45, 7) is 5.10. The summed E-state index contributed by atoms with van der Waals surface area (Å²) in [5, 5.41) is 14.0. The van der Waals surface area contributed by atoms with Crippen LogP contribution in [-0.4, -0.2) is 48.0 Å². The number of carbonyl (C=O) groups is 1. The van der Waals surface area contributed by atoms with Gasteiger partial charge < -0.3 is 15.1 Å². The van der Waals surface area contributed by atoms with E-state index in [1.54, 1.807) is 4.90 Å². The van der Waals surface area contributed by atoms with Crippen LogP contribution in [0.15, 0.2) is 42.5 Å². The number of anilines is 2. The average Bonchev–Trinajstić information content (AvgIpc) is 3.33. The number of hydrogen-bond donors (Lipinski definition) is 1. The Kier molecular flexibility index (Phi) is 9.62. The number of piperidine rings is 1. The second kappa shape index (κ2) is 12.5. The van der Waals surface area contributed by atoms with Gasteiger partial charge in [-0.3, -0.25) is 14.9 Å². The minimum atomic E-state index is -4.82. The first-order valence-electron chi connectivity index (χ1n) is 12.8. The fourth-order valence-electron chi connectivity index (χ4n) is 5.29. The van der Waals surface area contributed by atoms with Gasteiger partial charge in [-0.25, -0.2) is 0 Å². The summed E-state index contributed by atoms with van der Waals surface area (Å²) < 4.78 is 39.7. The molecule has 1 atom stereocenters. The van der Waals surface area contributed by atoms with Crippen molar-refractivity contribution in [2.75, 3.05) is 36.4 Å². The lowest BCUT2D eigenvalue weighted by molar-refractivity contribution is -0.388. The third-order valence-electron chi connectivity index (χ3n) is 7.43. The van der Waals surface area contributed by atoms with Gasteiger partial charge in [-0.15, -0.1) is 0 Å².